The van der Waals surface area contributed by atoms with E-state index in [9.17, 15) is 14.0 Å². The molecule has 1 saturated heterocycles. The number of carbonyl (C=O) groups is 2. The second-order valence-electron chi connectivity index (χ2n) is 6.08. The van der Waals surface area contributed by atoms with E-state index in [0.29, 0.717) is 17.7 Å². The van der Waals surface area contributed by atoms with Gasteiger partial charge in [-0.15, -0.1) is 0 Å². The third-order valence-electron chi connectivity index (χ3n) is 4.55. The van der Waals surface area contributed by atoms with Crippen LogP contribution in [0.1, 0.15) is 24.8 Å². The van der Waals surface area contributed by atoms with Gasteiger partial charge in [0.2, 0.25) is 11.7 Å². The van der Waals surface area contributed by atoms with Crippen molar-refractivity contribution in [3.8, 4) is 11.6 Å². The van der Waals surface area contributed by atoms with Crippen molar-refractivity contribution >= 4 is 11.9 Å². The molecule has 2 aromatic heterocycles. The van der Waals surface area contributed by atoms with Gasteiger partial charge >= 0.3 is 6.03 Å². The van der Waals surface area contributed by atoms with E-state index in [1.54, 1.807) is 19.1 Å². The summed E-state index contributed by atoms with van der Waals surface area (Å²) < 4.78 is 23.6. The molecule has 0 bridgehead atoms. The number of carbonyl (C=O) groups excluding carboxylic acids is 2. The van der Waals surface area contributed by atoms with Gasteiger partial charge in [0.1, 0.15) is 17.9 Å². The van der Waals surface area contributed by atoms with Gasteiger partial charge in [-0.05, 0) is 36.2 Å². The van der Waals surface area contributed by atoms with Crippen LogP contribution in [0, 0.1) is 5.82 Å². The number of halogens is 1. The number of nitrogens with zero attached hydrogens (tertiary/aromatic N) is 3. The Balaban J connectivity index is 1.60. The van der Waals surface area contributed by atoms with Crippen molar-refractivity contribution in [2.75, 3.05) is 0 Å². The first-order valence-electron chi connectivity index (χ1n) is 8.30. The van der Waals surface area contributed by atoms with Crippen molar-refractivity contribution < 1.29 is 22.9 Å². The SMILES string of the molecule is CC[C@@]1(c2ccc(F)cc2)NC(=O)N(Cc2nc(-c3ccco3)no2)C1=O. The molecule has 1 atom stereocenters. The zero-order valence-electron chi connectivity index (χ0n) is 14.3. The summed E-state index contributed by atoms with van der Waals surface area (Å²) >= 11 is 0. The van der Waals surface area contributed by atoms with Gasteiger partial charge in [0, 0.05) is 0 Å². The Kier molecular flexibility index (Phi) is 3.98. The first-order chi connectivity index (χ1) is 13.0. The molecular weight excluding hydrogens is 355 g/mol. The van der Waals surface area contributed by atoms with Crippen molar-refractivity contribution in [3.63, 3.8) is 0 Å². The lowest BCUT2D eigenvalue weighted by atomic mass is 9.87. The lowest BCUT2D eigenvalue weighted by molar-refractivity contribution is -0.132. The summed E-state index contributed by atoms with van der Waals surface area (Å²) in [6, 6.07) is 8.25. The van der Waals surface area contributed by atoms with E-state index in [1.807, 2.05) is 0 Å². The highest BCUT2D eigenvalue weighted by Gasteiger charge is 2.51. The van der Waals surface area contributed by atoms with E-state index in [2.05, 4.69) is 15.5 Å². The Morgan fingerprint density at radius 1 is 1.22 bits per heavy atom. The number of aromatic nitrogens is 2. The fraction of sp³-hybridized carbons (Fsp3) is 0.222. The molecule has 138 valence electrons. The molecule has 0 spiro atoms. The molecule has 1 aliphatic rings. The van der Waals surface area contributed by atoms with Crippen LogP contribution in [-0.2, 0) is 16.9 Å². The molecule has 1 fully saturated rings. The minimum atomic E-state index is -1.26. The molecule has 27 heavy (non-hydrogen) atoms. The van der Waals surface area contributed by atoms with Crippen molar-refractivity contribution in [1.82, 2.24) is 20.4 Å². The summed E-state index contributed by atoms with van der Waals surface area (Å²) in [5, 5.41) is 6.50. The Labute approximate surface area is 153 Å². The van der Waals surface area contributed by atoms with Gasteiger partial charge in [-0.25, -0.2) is 9.18 Å². The molecule has 0 aliphatic carbocycles. The first-order valence-corrected chi connectivity index (χ1v) is 8.30. The molecule has 9 heteroatoms. The molecule has 1 aliphatic heterocycles. The maximum atomic E-state index is 13.2. The molecule has 3 heterocycles. The van der Waals surface area contributed by atoms with Crippen LogP contribution in [-0.4, -0.2) is 27.0 Å². The van der Waals surface area contributed by atoms with Crippen LogP contribution < -0.4 is 5.32 Å². The van der Waals surface area contributed by atoms with Crippen LogP contribution in [0.25, 0.3) is 11.6 Å². The van der Waals surface area contributed by atoms with E-state index in [4.69, 9.17) is 8.94 Å². The van der Waals surface area contributed by atoms with Crippen molar-refractivity contribution in [3.05, 3.63) is 59.9 Å². The molecule has 0 saturated carbocycles. The topological polar surface area (TPSA) is 101 Å². The van der Waals surface area contributed by atoms with Crippen LogP contribution in [0.3, 0.4) is 0 Å². The van der Waals surface area contributed by atoms with Crippen LogP contribution in [0.15, 0.2) is 51.6 Å². The number of furan rings is 1. The van der Waals surface area contributed by atoms with Crippen LogP contribution >= 0.6 is 0 Å². The van der Waals surface area contributed by atoms with Crippen molar-refractivity contribution in [2.45, 2.75) is 25.4 Å². The Bertz CT molecular complexity index is 983. The number of hydrogen-bond acceptors (Lipinski definition) is 6. The van der Waals surface area contributed by atoms with Crippen molar-refractivity contribution in [1.29, 1.82) is 0 Å². The lowest BCUT2D eigenvalue weighted by Gasteiger charge is -2.25. The standard InChI is InChI=1S/C18H15FN4O4/c1-2-18(11-5-7-12(19)8-6-11)16(24)23(17(25)21-18)10-14-20-15(22-27-14)13-4-3-9-26-13/h3-9H,2,10H2,1H3,(H,21,25)/t18-/m0/s1. The van der Waals surface area contributed by atoms with Gasteiger partial charge in [-0.1, -0.05) is 24.2 Å². The second-order valence-corrected chi connectivity index (χ2v) is 6.08. The molecule has 4 rings (SSSR count). The lowest BCUT2D eigenvalue weighted by Crippen LogP contribution is -2.43. The molecular formula is C18H15FN4O4. The van der Waals surface area contributed by atoms with Gasteiger partial charge < -0.3 is 14.3 Å². The zero-order valence-corrected chi connectivity index (χ0v) is 14.3. The Morgan fingerprint density at radius 3 is 2.67 bits per heavy atom. The number of urea groups is 1. The molecule has 0 radical (unpaired) electrons. The van der Waals surface area contributed by atoms with E-state index in [1.165, 1.54) is 30.5 Å². The van der Waals surface area contributed by atoms with Gasteiger partial charge in [-0.3, -0.25) is 9.69 Å². The minimum absolute atomic E-state index is 0.0934. The average molecular weight is 370 g/mol. The highest BCUT2D eigenvalue weighted by atomic mass is 19.1. The summed E-state index contributed by atoms with van der Waals surface area (Å²) in [6.07, 6.45) is 1.78. The first kappa shape index (κ1) is 17.0. The Morgan fingerprint density at radius 2 is 2.00 bits per heavy atom. The zero-order chi connectivity index (χ0) is 19.0. The number of amides is 3. The normalized spacial score (nSPS) is 19.6. The smallest absolute Gasteiger partial charge is 0.325 e. The summed E-state index contributed by atoms with van der Waals surface area (Å²) in [5.74, 6) is -0.149. The Hall–Kier alpha value is -3.49. The average Bonchev–Trinajstić information content (AvgIpc) is 3.39. The highest BCUT2D eigenvalue weighted by Crippen LogP contribution is 2.33. The van der Waals surface area contributed by atoms with Crippen LogP contribution in [0.4, 0.5) is 9.18 Å². The van der Waals surface area contributed by atoms with E-state index in [0.717, 1.165) is 4.90 Å². The predicted molar refractivity (Wildman–Crippen MR) is 89.5 cm³/mol. The molecule has 1 N–H and O–H groups in total. The maximum absolute atomic E-state index is 13.2. The van der Waals surface area contributed by atoms with Gasteiger partial charge in [0.15, 0.2) is 5.76 Å². The monoisotopic (exact) mass is 370 g/mol. The summed E-state index contributed by atoms with van der Waals surface area (Å²) in [5.41, 5.74) is -0.747. The second kappa shape index (κ2) is 6.35. The maximum Gasteiger partial charge on any atom is 0.325 e. The summed E-state index contributed by atoms with van der Waals surface area (Å²) in [6.45, 7) is 1.59. The summed E-state index contributed by atoms with van der Waals surface area (Å²) in [4.78, 5) is 30.6. The largest absolute Gasteiger partial charge is 0.461 e. The van der Waals surface area contributed by atoms with E-state index in [-0.39, 0.29) is 18.3 Å². The van der Waals surface area contributed by atoms with E-state index >= 15 is 0 Å². The molecule has 0 unspecified atom stereocenters. The molecule has 1 aromatic carbocycles. The van der Waals surface area contributed by atoms with Gasteiger partial charge in [-0.2, -0.15) is 4.98 Å². The van der Waals surface area contributed by atoms with Gasteiger partial charge in [0.05, 0.1) is 6.26 Å². The number of benzene rings is 1. The van der Waals surface area contributed by atoms with Crippen LogP contribution in [0.2, 0.25) is 0 Å². The predicted octanol–water partition coefficient (Wildman–Crippen LogP) is 2.83. The molecule has 8 nitrogen and oxygen atoms in total. The molecule has 3 aromatic rings. The number of hydrogen-bond donors (Lipinski definition) is 1. The highest BCUT2D eigenvalue weighted by molar-refractivity contribution is 6.07. The third-order valence-corrected chi connectivity index (χ3v) is 4.55. The quantitative estimate of drug-likeness (QED) is 0.693. The fourth-order valence-electron chi connectivity index (χ4n) is 3.10. The summed E-state index contributed by atoms with van der Waals surface area (Å²) in [7, 11) is 0. The van der Waals surface area contributed by atoms with Crippen molar-refractivity contribution in [2.24, 2.45) is 0 Å². The number of imide groups is 1. The minimum Gasteiger partial charge on any atom is -0.461 e. The molecule has 3 amide bonds. The number of rotatable bonds is 5. The third kappa shape index (κ3) is 2.77. The van der Waals surface area contributed by atoms with E-state index < -0.39 is 23.3 Å². The fourth-order valence-corrected chi connectivity index (χ4v) is 3.10. The number of nitrogens with one attached hydrogen (secondary N) is 1. The van der Waals surface area contributed by atoms with Gasteiger partial charge in [0.25, 0.3) is 5.91 Å². The van der Waals surface area contributed by atoms with Crippen LogP contribution in [0.5, 0.6) is 0 Å².